The molecule has 162 valence electrons. The number of hydrogen-bond acceptors (Lipinski definition) is 6. The fraction of sp³-hybridized carbons (Fsp3) is 0.348. The number of amides is 2. The van der Waals surface area contributed by atoms with Gasteiger partial charge in [-0.05, 0) is 59.9 Å². The first-order valence-electron chi connectivity index (χ1n) is 10.6. The second-order valence-electron chi connectivity index (χ2n) is 8.96. The maximum atomic E-state index is 13.5. The zero-order chi connectivity index (χ0) is 21.7. The van der Waals surface area contributed by atoms with Gasteiger partial charge < -0.3 is 4.98 Å². The van der Waals surface area contributed by atoms with Gasteiger partial charge in [-0.25, -0.2) is 4.39 Å². The summed E-state index contributed by atoms with van der Waals surface area (Å²) in [5.74, 6) is -0.873. The Morgan fingerprint density at radius 3 is 2.47 bits per heavy atom. The van der Waals surface area contributed by atoms with Crippen LogP contribution in [0.3, 0.4) is 0 Å². The minimum Gasteiger partial charge on any atom is -0.307 e. The topological polar surface area (TPSA) is 70.2 Å². The number of hydrogen-bond donors (Lipinski definition) is 1. The summed E-state index contributed by atoms with van der Waals surface area (Å²) in [6, 6.07) is 9.73. The molecule has 4 heterocycles. The van der Waals surface area contributed by atoms with Crippen LogP contribution in [0, 0.1) is 35.4 Å². The number of aromatic nitrogens is 1. The van der Waals surface area contributed by atoms with Crippen LogP contribution in [-0.2, 0) is 9.59 Å². The Bertz CT molecular complexity index is 1310. The summed E-state index contributed by atoms with van der Waals surface area (Å²) in [6.45, 7) is 0. The Morgan fingerprint density at radius 1 is 1.00 bits per heavy atom. The van der Waals surface area contributed by atoms with Crippen molar-refractivity contribution in [2.45, 2.75) is 22.6 Å². The highest BCUT2D eigenvalue weighted by molar-refractivity contribution is 8.00. The van der Waals surface area contributed by atoms with E-state index in [9.17, 15) is 18.8 Å². The Kier molecular flexibility index (Phi) is 4.00. The van der Waals surface area contributed by atoms with Crippen molar-refractivity contribution in [3.8, 4) is 0 Å². The summed E-state index contributed by atoms with van der Waals surface area (Å²) < 4.78 is 13.4. The van der Waals surface area contributed by atoms with Crippen LogP contribution in [0.4, 0.5) is 10.1 Å². The van der Waals surface area contributed by atoms with E-state index < -0.39 is 5.82 Å². The number of imide groups is 1. The molecule has 0 radical (unpaired) electrons. The third-order valence-electron chi connectivity index (χ3n) is 7.66. The molecule has 2 amide bonds. The summed E-state index contributed by atoms with van der Waals surface area (Å²) >= 11 is 4.65. The summed E-state index contributed by atoms with van der Waals surface area (Å²) in [7, 11) is 0. The molecular weight excluding hydrogens is 467 g/mol. The monoisotopic (exact) mass is 484 g/mol. The third-order valence-corrected chi connectivity index (χ3v) is 11.2. The number of halogens is 1. The van der Waals surface area contributed by atoms with Crippen molar-refractivity contribution in [2.75, 3.05) is 4.90 Å². The second kappa shape index (κ2) is 6.65. The van der Waals surface area contributed by atoms with E-state index in [0.29, 0.717) is 5.69 Å². The van der Waals surface area contributed by atoms with Crippen LogP contribution in [-0.4, -0.2) is 22.0 Å². The summed E-state index contributed by atoms with van der Waals surface area (Å²) in [4.78, 5) is 45.7. The fourth-order valence-corrected chi connectivity index (χ4v) is 10.5. The molecule has 2 aliphatic heterocycles. The normalized spacial score (nSPS) is 34.7. The Morgan fingerprint density at radius 2 is 1.75 bits per heavy atom. The summed E-state index contributed by atoms with van der Waals surface area (Å²) in [6.07, 6.45) is 0.869. The van der Waals surface area contributed by atoms with Gasteiger partial charge in [0.2, 0.25) is 11.8 Å². The van der Waals surface area contributed by atoms with Gasteiger partial charge in [0, 0.05) is 20.9 Å². The van der Waals surface area contributed by atoms with E-state index in [1.54, 1.807) is 23.1 Å². The van der Waals surface area contributed by atoms with Gasteiger partial charge in [-0.2, -0.15) is 0 Å². The second-order valence-corrected chi connectivity index (χ2v) is 12.1. The molecule has 1 saturated heterocycles. The van der Waals surface area contributed by atoms with Crippen LogP contribution in [0.5, 0.6) is 0 Å². The zero-order valence-corrected chi connectivity index (χ0v) is 19.0. The number of carbonyl (C=O) groups excluding carboxylic acids is 2. The first-order chi connectivity index (χ1) is 15.5. The number of benzene rings is 1. The van der Waals surface area contributed by atoms with E-state index in [1.165, 1.54) is 45.4 Å². The number of aromatic amines is 1. The lowest BCUT2D eigenvalue weighted by Crippen LogP contribution is -2.42. The van der Waals surface area contributed by atoms with Crippen LogP contribution in [0.1, 0.15) is 22.1 Å². The van der Waals surface area contributed by atoms with E-state index in [-0.39, 0.29) is 57.4 Å². The number of H-pyrrole nitrogens is 1. The predicted molar refractivity (Wildman–Crippen MR) is 122 cm³/mol. The molecule has 0 spiro atoms. The molecule has 7 atom stereocenters. The van der Waals surface area contributed by atoms with Gasteiger partial charge in [0.05, 0.1) is 22.5 Å². The number of rotatable bonds is 2. The lowest BCUT2D eigenvalue weighted by molar-refractivity contribution is -0.123. The standard InChI is InChI=1S/C23H17FN2O3S3/c24-9-3-5-10(6-4-9)26-21(27)15-11-8-12(16(15)22(26)28)18-14(11)17(13-2-1-7-30-13)19-20(31-18)25-23(29)32-19/h1-7,11-12,14-18H,8H2,(H,25,29)/t11-,12-,14-,15-,16+,17+,18-/m1/s1. The Labute approximate surface area is 194 Å². The number of carbonyl (C=O) groups is 2. The molecule has 2 aliphatic carbocycles. The van der Waals surface area contributed by atoms with Crippen LogP contribution in [0.2, 0.25) is 0 Å². The average Bonchev–Trinajstić information content (AvgIpc) is 3.57. The molecule has 1 aromatic carbocycles. The quantitative estimate of drug-likeness (QED) is 0.550. The SMILES string of the molecule is O=C1[C@@H]2[C@@H]3C[C@@H]([C@H]4Sc5[nH]c(=O)sc5[C@@H](c5cccs5)[C@@H]34)[C@@H]2C(=O)N1c1ccc(F)cc1. The van der Waals surface area contributed by atoms with E-state index in [2.05, 4.69) is 16.4 Å². The molecular formula is C23H17FN2O3S3. The van der Waals surface area contributed by atoms with E-state index >= 15 is 0 Å². The lowest BCUT2D eigenvalue weighted by atomic mass is 9.69. The smallest absolute Gasteiger partial charge is 0.305 e. The number of nitrogens with zero attached hydrogens (tertiary/aromatic N) is 1. The maximum absolute atomic E-state index is 13.5. The minimum absolute atomic E-state index is 0.0498. The molecule has 9 heteroatoms. The van der Waals surface area contributed by atoms with E-state index in [0.717, 1.165) is 16.3 Å². The van der Waals surface area contributed by atoms with Crippen LogP contribution < -0.4 is 9.77 Å². The fourth-order valence-electron chi connectivity index (χ4n) is 6.65. The highest BCUT2D eigenvalue weighted by atomic mass is 32.2. The highest BCUT2D eigenvalue weighted by Gasteiger charge is 2.69. The summed E-state index contributed by atoms with van der Waals surface area (Å²) in [5.41, 5.74) is 0.448. The largest absolute Gasteiger partial charge is 0.307 e. The predicted octanol–water partition coefficient (Wildman–Crippen LogP) is 4.31. The van der Waals surface area contributed by atoms with Crippen LogP contribution >= 0.6 is 34.4 Å². The van der Waals surface area contributed by atoms with Crippen molar-refractivity contribution < 1.29 is 14.0 Å². The third kappa shape index (κ3) is 2.42. The molecule has 7 rings (SSSR count). The highest BCUT2D eigenvalue weighted by Crippen LogP contribution is 2.68. The molecule has 2 saturated carbocycles. The molecule has 4 aliphatic rings. The lowest BCUT2D eigenvalue weighted by Gasteiger charge is -2.42. The van der Waals surface area contributed by atoms with Gasteiger partial charge in [-0.15, -0.1) is 23.1 Å². The van der Waals surface area contributed by atoms with Crippen LogP contribution in [0.25, 0.3) is 0 Å². The molecule has 0 unspecified atom stereocenters. The molecule has 3 aromatic rings. The van der Waals surface area contributed by atoms with E-state index in [1.807, 2.05) is 6.07 Å². The van der Waals surface area contributed by atoms with Crippen LogP contribution in [0.15, 0.2) is 51.6 Å². The van der Waals surface area contributed by atoms with Gasteiger partial charge in [0.25, 0.3) is 0 Å². The molecule has 5 nitrogen and oxygen atoms in total. The number of thiazole rings is 1. The number of anilines is 1. The van der Waals surface area contributed by atoms with E-state index in [4.69, 9.17) is 0 Å². The van der Waals surface area contributed by atoms with Crippen molar-refractivity contribution in [1.82, 2.24) is 4.98 Å². The minimum atomic E-state index is -0.394. The van der Waals surface area contributed by atoms with Gasteiger partial charge in [-0.1, -0.05) is 17.4 Å². The first kappa shape index (κ1) is 19.3. The van der Waals surface area contributed by atoms with Crippen molar-refractivity contribution in [3.05, 3.63) is 67.0 Å². The average molecular weight is 485 g/mol. The number of fused-ring (bicyclic) bond motifs is 9. The van der Waals surface area contributed by atoms with Crippen molar-refractivity contribution in [1.29, 1.82) is 0 Å². The Hall–Kier alpha value is -2.23. The first-order valence-corrected chi connectivity index (χ1v) is 13.2. The molecule has 3 fully saturated rings. The number of nitrogens with one attached hydrogen (secondary N) is 1. The van der Waals surface area contributed by atoms with Gasteiger partial charge in [0.1, 0.15) is 5.82 Å². The molecule has 2 aromatic heterocycles. The van der Waals surface area contributed by atoms with Crippen molar-refractivity contribution in [3.63, 3.8) is 0 Å². The van der Waals surface area contributed by atoms with Crippen molar-refractivity contribution >= 4 is 51.9 Å². The van der Waals surface area contributed by atoms with Gasteiger partial charge in [-0.3, -0.25) is 19.3 Å². The van der Waals surface area contributed by atoms with Crippen molar-refractivity contribution in [2.24, 2.45) is 29.6 Å². The zero-order valence-electron chi connectivity index (χ0n) is 16.6. The number of thiophene rings is 1. The van der Waals surface area contributed by atoms with Gasteiger partial charge in [0.15, 0.2) is 0 Å². The maximum Gasteiger partial charge on any atom is 0.305 e. The Balaban J connectivity index is 1.32. The number of thioether (sulfide) groups is 1. The van der Waals surface area contributed by atoms with Gasteiger partial charge >= 0.3 is 4.87 Å². The molecule has 2 bridgehead atoms. The molecule has 1 N–H and O–H groups in total. The molecule has 32 heavy (non-hydrogen) atoms. The summed E-state index contributed by atoms with van der Waals surface area (Å²) in [5, 5.41) is 3.17.